The minimum atomic E-state index is 0.408. The third kappa shape index (κ3) is 3.45. The summed E-state index contributed by atoms with van der Waals surface area (Å²) in [4.78, 5) is 0. The predicted molar refractivity (Wildman–Crippen MR) is 70.9 cm³/mol. The van der Waals surface area contributed by atoms with Crippen LogP contribution in [-0.2, 0) is 4.74 Å². The number of benzene rings is 1. The molecule has 1 atom stereocenters. The molecule has 1 fully saturated rings. The van der Waals surface area contributed by atoms with E-state index in [0.29, 0.717) is 11.6 Å². The van der Waals surface area contributed by atoms with Crippen molar-refractivity contribution in [3.05, 3.63) is 28.2 Å². The Bertz CT molecular complexity index is 420. The monoisotopic (exact) mass is 294 g/mol. The standard InChI is InChI=1S/C13H15BrN2O/c14-11-3-4-13(10(8-11)9-15)16-12-2-1-6-17-7-5-12/h3-4,8,12,16H,1-2,5-7H2. The Morgan fingerprint density at radius 1 is 1.35 bits per heavy atom. The van der Waals surface area contributed by atoms with Crippen LogP contribution < -0.4 is 5.32 Å². The number of nitrogens with one attached hydrogen (secondary N) is 1. The van der Waals surface area contributed by atoms with Gasteiger partial charge in [0, 0.05) is 23.7 Å². The van der Waals surface area contributed by atoms with E-state index >= 15 is 0 Å². The summed E-state index contributed by atoms with van der Waals surface area (Å²) in [6.45, 7) is 1.65. The minimum absolute atomic E-state index is 0.408. The van der Waals surface area contributed by atoms with E-state index in [9.17, 15) is 0 Å². The number of ether oxygens (including phenoxy) is 1. The van der Waals surface area contributed by atoms with Gasteiger partial charge in [0.25, 0.3) is 0 Å². The summed E-state index contributed by atoms with van der Waals surface area (Å²) in [6.07, 6.45) is 3.18. The summed E-state index contributed by atoms with van der Waals surface area (Å²) in [5.41, 5.74) is 1.60. The number of nitrogens with zero attached hydrogens (tertiary/aromatic N) is 1. The summed E-state index contributed by atoms with van der Waals surface area (Å²) in [5.74, 6) is 0. The van der Waals surface area contributed by atoms with Crippen LogP contribution >= 0.6 is 15.9 Å². The van der Waals surface area contributed by atoms with Crippen molar-refractivity contribution in [1.82, 2.24) is 0 Å². The van der Waals surface area contributed by atoms with E-state index in [4.69, 9.17) is 10.00 Å². The van der Waals surface area contributed by atoms with Gasteiger partial charge in [-0.3, -0.25) is 0 Å². The van der Waals surface area contributed by atoms with Crippen LogP contribution in [0.1, 0.15) is 24.8 Å². The summed E-state index contributed by atoms with van der Waals surface area (Å²) >= 11 is 3.38. The van der Waals surface area contributed by atoms with Crippen molar-refractivity contribution in [3.8, 4) is 6.07 Å². The van der Waals surface area contributed by atoms with E-state index in [0.717, 1.165) is 42.6 Å². The van der Waals surface area contributed by atoms with Crippen LogP contribution in [0, 0.1) is 11.3 Å². The lowest BCUT2D eigenvalue weighted by molar-refractivity contribution is 0.144. The van der Waals surface area contributed by atoms with Crippen LogP contribution in [0.4, 0.5) is 5.69 Å². The second-order valence-electron chi connectivity index (χ2n) is 4.19. The molecule has 0 saturated carbocycles. The first-order valence-corrected chi connectivity index (χ1v) is 6.63. The number of nitriles is 1. The molecule has 17 heavy (non-hydrogen) atoms. The van der Waals surface area contributed by atoms with E-state index in [-0.39, 0.29) is 0 Å². The van der Waals surface area contributed by atoms with Crippen molar-refractivity contribution >= 4 is 21.6 Å². The normalized spacial score (nSPS) is 20.4. The first-order valence-electron chi connectivity index (χ1n) is 5.83. The molecule has 1 heterocycles. The zero-order chi connectivity index (χ0) is 12.1. The number of rotatable bonds is 2. The van der Waals surface area contributed by atoms with Crippen molar-refractivity contribution in [1.29, 1.82) is 5.26 Å². The molecule has 1 aliphatic heterocycles. The molecule has 0 aliphatic carbocycles. The number of halogens is 1. The molecule has 0 amide bonds. The smallest absolute Gasteiger partial charge is 0.101 e. The molecule has 90 valence electrons. The maximum atomic E-state index is 9.09. The Hall–Kier alpha value is -1.05. The molecule has 1 saturated heterocycles. The van der Waals surface area contributed by atoms with Gasteiger partial charge in [0.2, 0.25) is 0 Å². The molecule has 1 aromatic rings. The molecule has 1 unspecified atom stereocenters. The highest BCUT2D eigenvalue weighted by atomic mass is 79.9. The van der Waals surface area contributed by atoms with Gasteiger partial charge in [-0.1, -0.05) is 15.9 Å². The van der Waals surface area contributed by atoms with Gasteiger partial charge in [0.1, 0.15) is 6.07 Å². The Labute approximate surface area is 110 Å². The second kappa shape index (κ2) is 6.04. The maximum absolute atomic E-state index is 9.09. The van der Waals surface area contributed by atoms with Gasteiger partial charge < -0.3 is 10.1 Å². The average Bonchev–Trinajstić information content (AvgIpc) is 2.60. The Kier molecular flexibility index (Phi) is 4.41. The quantitative estimate of drug-likeness (QED) is 0.910. The topological polar surface area (TPSA) is 45.0 Å². The van der Waals surface area contributed by atoms with Crippen molar-refractivity contribution in [3.63, 3.8) is 0 Å². The molecule has 1 aliphatic rings. The highest BCUT2D eigenvalue weighted by Gasteiger charge is 2.13. The molecule has 2 rings (SSSR count). The van der Waals surface area contributed by atoms with Gasteiger partial charge in [-0.05, 0) is 37.5 Å². The van der Waals surface area contributed by atoms with E-state index in [1.54, 1.807) is 0 Å². The molecule has 3 nitrogen and oxygen atoms in total. The van der Waals surface area contributed by atoms with Gasteiger partial charge in [-0.25, -0.2) is 0 Å². The van der Waals surface area contributed by atoms with E-state index in [2.05, 4.69) is 27.3 Å². The fourth-order valence-corrected chi connectivity index (χ4v) is 2.36. The lowest BCUT2D eigenvalue weighted by atomic mass is 10.1. The molecular weight excluding hydrogens is 280 g/mol. The fraction of sp³-hybridized carbons (Fsp3) is 0.462. The lowest BCUT2D eigenvalue weighted by Gasteiger charge is -2.18. The Balaban J connectivity index is 2.09. The highest BCUT2D eigenvalue weighted by molar-refractivity contribution is 9.10. The zero-order valence-electron chi connectivity index (χ0n) is 9.58. The van der Waals surface area contributed by atoms with Crippen LogP contribution in [-0.4, -0.2) is 19.3 Å². The molecular formula is C13H15BrN2O. The van der Waals surface area contributed by atoms with E-state index in [1.807, 2.05) is 18.2 Å². The molecule has 0 spiro atoms. The summed E-state index contributed by atoms with van der Waals surface area (Å²) in [5, 5.41) is 12.5. The van der Waals surface area contributed by atoms with Crippen LogP contribution in [0.2, 0.25) is 0 Å². The average molecular weight is 295 g/mol. The first kappa shape index (κ1) is 12.4. The fourth-order valence-electron chi connectivity index (χ4n) is 2.00. The van der Waals surface area contributed by atoms with Gasteiger partial charge in [0.15, 0.2) is 0 Å². The predicted octanol–water partition coefficient (Wildman–Crippen LogP) is 3.30. The summed E-state index contributed by atoms with van der Waals surface area (Å²) in [7, 11) is 0. The van der Waals surface area contributed by atoms with Crippen molar-refractivity contribution in [2.75, 3.05) is 18.5 Å². The van der Waals surface area contributed by atoms with Crippen LogP contribution in [0.5, 0.6) is 0 Å². The molecule has 0 radical (unpaired) electrons. The van der Waals surface area contributed by atoms with Crippen molar-refractivity contribution < 1.29 is 4.74 Å². The molecule has 1 aromatic carbocycles. The van der Waals surface area contributed by atoms with Crippen LogP contribution in [0.15, 0.2) is 22.7 Å². The van der Waals surface area contributed by atoms with Crippen molar-refractivity contribution in [2.45, 2.75) is 25.3 Å². The Morgan fingerprint density at radius 2 is 2.24 bits per heavy atom. The third-order valence-corrected chi connectivity index (χ3v) is 3.41. The minimum Gasteiger partial charge on any atom is -0.381 e. The lowest BCUT2D eigenvalue weighted by Crippen LogP contribution is -2.20. The molecule has 4 heteroatoms. The molecule has 1 N–H and O–H groups in total. The van der Waals surface area contributed by atoms with E-state index < -0.39 is 0 Å². The first-order chi connectivity index (χ1) is 8.29. The highest BCUT2D eigenvalue weighted by Crippen LogP contribution is 2.23. The van der Waals surface area contributed by atoms with Crippen LogP contribution in [0.3, 0.4) is 0 Å². The number of hydrogen-bond donors (Lipinski definition) is 1. The number of hydrogen-bond acceptors (Lipinski definition) is 3. The second-order valence-corrected chi connectivity index (χ2v) is 5.10. The number of anilines is 1. The molecule has 0 aromatic heterocycles. The van der Waals surface area contributed by atoms with Crippen molar-refractivity contribution in [2.24, 2.45) is 0 Å². The Morgan fingerprint density at radius 3 is 3.06 bits per heavy atom. The maximum Gasteiger partial charge on any atom is 0.101 e. The van der Waals surface area contributed by atoms with Gasteiger partial charge in [-0.2, -0.15) is 5.26 Å². The summed E-state index contributed by atoms with van der Waals surface area (Å²) in [6, 6.07) is 8.38. The zero-order valence-corrected chi connectivity index (χ0v) is 11.2. The van der Waals surface area contributed by atoms with Gasteiger partial charge in [0.05, 0.1) is 11.3 Å². The largest absolute Gasteiger partial charge is 0.381 e. The third-order valence-electron chi connectivity index (χ3n) is 2.91. The molecule has 0 bridgehead atoms. The van der Waals surface area contributed by atoms with Gasteiger partial charge in [-0.15, -0.1) is 0 Å². The van der Waals surface area contributed by atoms with E-state index in [1.165, 1.54) is 0 Å². The van der Waals surface area contributed by atoms with Gasteiger partial charge >= 0.3 is 0 Å². The summed E-state index contributed by atoms with van der Waals surface area (Å²) < 4.78 is 6.36. The SMILES string of the molecule is N#Cc1cc(Br)ccc1NC1CCCOCC1. The van der Waals surface area contributed by atoms with Crippen LogP contribution in [0.25, 0.3) is 0 Å².